The van der Waals surface area contributed by atoms with E-state index in [1.54, 1.807) is 6.20 Å². The molecule has 0 aromatic carbocycles. The van der Waals surface area contributed by atoms with Gasteiger partial charge >= 0.3 is 0 Å². The van der Waals surface area contributed by atoms with Gasteiger partial charge in [-0.2, -0.15) is 0 Å². The fourth-order valence-electron chi connectivity index (χ4n) is 1.22. The van der Waals surface area contributed by atoms with Crippen molar-refractivity contribution >= 4 is 17.5 Å². The number of hydrazine groups is 1. The lowest BCUT2D eigenvalue weighted by molar-refractivity contribution is -0.121. The first kappa shape index (κ1) is 13.2. The highest BCUT2D eigenvalue weighted by Crippen LogP contribution is 2.04. The molecule has 1 rings (SSSR count). The standard InChI is InChI=1S/C10H18N6O/c1-7(2)14-10(17)3-4-13-8-5-12-6-9(15-8)16-11/h5-7H,3-4,11H2,1-2H3,(H,14,17)(H2,13,15,16). The van der Waals surface area contributed by atoms with E-state index in [2.05, 4.69) is 26.0 Å². The molecule has 0 saturated carbocycles. The van der Waals surface area contributed by atoms with E-state index < -0.39 is 0 Å². The molecule has 0 fully saturated rings. The largest absolute Gasteiger partial charge is 0.368 e. The Labute approximate surface area is 100 Å². The van der Waals surface area contributed by atoms with Crippen molar-refractivity contribution in [1.29, 1.82) is 0 Å². The number of carbonyl (C=O) groups excluding carboxylic acids is 1. The predicted octanol–water partition coefficient (Wildman–Crippen LogP) is 0.0888. The first-order valence-electron chi connectivity index (χ1n) is 5.43. The van der Waals surface area contributed by atoms with Crippen molar-refractivity contribution in [2.45, 2.75) is 26.3 Å². The van der Waals surface area contributed by atoms with Crippen LogP contribution < -0.4 is 21.9 Å². The van der Waals surface area contributed by atoms with Crippen LogP contribution in [0, 0.1) is 0 Å². The smallest absolute Gasteiger partial charge is 0.221 e. The van der Waals surface area contributed by atoms with E-state index in [0.29, 0.717) is 24.6 Å². The average Bonchev–Trinajstić information content (AvgIpc) is 2.28. The Morgan fingerprint density at radius 1 is 1.41 bits per heavy atom. The minimum Gasteiger partial charge on any atom is -0.368 e. The number of amides is 1. The molecule has 0 atom stereocenters. The van der Waals surface area contributed by atoms with Crippen molar-refractivity contribution in [3.05, 3.63) is 12.4 Å². The van der Waals surface area contributed by atoms with Crippen LogP contribution in [0.3, 0.4) is 0 Å². The van der Waals surface area contributed by atoms with Crippen molar-refractivity contribution in [3.63, 3.8) is 0 Å². The number of hydrogen-bond acceptors (Lipinski definition) is 6. The van der Waals surface area contributed by atoms with Crippen LogP contribution in [0.4, 0.5) is 11.6 Å². The molecule has 0 radical (unpaired) electrons. The highest BCUT2D eigenvalue weighted by molar-refractivity contribution is 5.76. The lowest BCUT2D eigenvalue weighted by atomic mass is 10.3. The minimum atomic E-state index is 0.00793. The van der Waals surface area contributed by atoms with Crippen molar-refractivity contribution < 1.29 is 4.79 Å². The number of carbonyl (C=O) groups is 1. The van der Waals surface area contributed by atoms with Crippen LogP contribution in [0.1, 0.15) is 20.3 Å². The fraction of sp³-hybridized carbons (Fsp3) is 0.500. The zero-order chi connectivity index (χ0) is 12.7. The van der Waals surface area contributed by atoms with Gasteiger partial charge in [0.05, 0.1) is 12.4 Å². The maximum Gasteiger partial charge on any atom is 0.221 e. The monoisotopic (exact) mass is 238 g/mol. The van der Waals surface area contributed by atoms with Gasteiger partial charge in [0.25, 0.3) is 0 Å². The Balaban J connectivity index is 2.32. The SMILES string of the molecule is CC(C)NC(=O)CCNc1cncc(NN)n1. The van der Waals surface area contributed by atoms with Gasteiger partial charge in [-0.3, -0.25) is 9.78 Å². The summed E-state index contributed by atoms with van der Waals surface area (Å²) in [5, 5.41) is 5.80. The second-order valence-electron chi connectivity index (χ2n) is 3.83. The molecule has 1 aromatic rings. The number of nitrogen functional groups attached to an aromatic ring is 1. The molecule has 7 heteroatoms. The lowest BCUT2D eigenvalue weighted by Gasteiger charge is -2.09. The Morgan fingerprint density at radius 2 is 2.12 bits per heavy atom. The van der Waals surface area contributed by atoms with Gasteiger partial charge in [0.2, 0.25) is 5.91 Å². The van der Waals surface area contributed by atoms with E-state index in [1.807, 2.05) is 13.8 Å². The average molecular weight is 238 g/mol. The molecule has 0 aliphatic rings. The molecule has 0 aliphatic heterocycles. The quantitative estimate of drug-likeness (QED) is 0.413. The van der Waals surface area contributed by atoms with Crippen molar-refractivity contribution in [1.82, 2.24) is 15.3 Å². The molecule has 17 heavy (non-hydrogen) atoms. The molecule has 0 bridgehead atoms. The highest BCUT2D eigenvalue weighted by atomic mass is 16.1. The topological polar surface area (TPSA) is 105 Å². The third-order valence-corrected chi connectivity index (χ3v) is 1.89. The lowest BCUT2D eigenvalue weighted by Crippen LogP contribution is -2.31. The van der Waals surface area contributed by atoms with Crippen molar-refractivity contribution in [3.8, 4) is 0 Å². The molecule has 0 unspecified atom stereocenters. The van der Waals surface area contributed by atoms with Crippen molar-refractivity contribution in [2.24, 2.45) is 5.84 Å². The van der Waals surface area contributed by atoms with Gasteiger partial charge < -0.3 is 16.1 Å². The zero-order valence-electron chi connectivity index (χ0n) is 10.0. The molecule has 1 aromatic heterocycles. The second kappa shape index (κ2) is 6.64. The van der Waals surface area contributed by atoms with Gasteiger partial charge in [-0.05, 0) is 13.8 Å². The van der Waals surface area contributed by atoms with Crippen molar-refractivity contribution in [2.75, 3.05) is 17.3 Å². The van der Waals surface area contributed by atoms with E-state index in [1.165, 1.54) is 6.20 Å². The van der Waals surface area contributed by atoms with Crippen LogP contribution in [-0.2, 0) is 4.79 Å². The molecule has 0 saturated heterocycles. The summed E-state index contributed by atoms with van der Waals surface area (Å²) in [5.74, 6) is 6.27. The van der Waals surface area contributed by atoms with E-state index in [4.69, 9.17) is 5.84 Å². The number of rotatable bonds is 6. The first-order chi connectivity index (χ1) is 8.11. The van der Waals surface area contributed by atoms with Gasteiger partial charge in [-0.15, -0.1) is 0 Å². The molecule has 0 spiro atoms. The van der Waals surface area contributed by atoms with Crippen LogP contribution in [0.5, 0.6) is 0 Å². The number of aromatic nitrogens is 2. The maximum atomic E-state index is 11.3. The van der Waals surface area contributed by atoms with Crippen LogP contribution in [0.25, 0.3) is 0 Å². The number of nitrogens with two attached hydrogens (primary N) is 1. The third-order valence-electron chi connectivity index (χ3n) is 1.89. The number of nitrogens with one attached hydrogen (secondary N) is 3. The summed E-state index contributed by atoms with van der Waals surface area (Å²) in [4.78, 5) is 19.4. The second-order valence-corrected chi connectivity index (χ2v) is 3.83. The van der Waals surface area contributed by atoms with Crippen LogP contribution in [0.2, 0.25) is 0 Å². The maximum absolute atomic E-state index is 11.3. The summed E-state index contributed by atoms with van der Waals surface area (Å²) >= 11 is 0. The third kappa shape index (κ3) is 5.12. The zero-order valence-corrected chi connectivity index (χ0v) is 10.0. The van der Waals surface area contributed by atoms with Gasteiger partial charge in [0.15, 0.2) is 5.82 Å². The number of hydrogen-bond donors (Lipinski definition) is 4. The summed E-state index contributed by atoms with van der Waals surface area (Å²) in [7, 11) is 0. The Morgan fingerprint density at radius 3 is 2.76 bits per heavy atom. The Kier molecular flexibility index (Phi) is 5.15. The fourth-order valence-corrected chi connectivity index (χ4v) is 1.22. The van der Waals surface area contributed by atoms with Crippen LogP contribution in [0.15, 0.2) is 12.4 Å². The molecule has 94 valence electrons. The molecule has 7 nitrogen and oxygen atoms in total. The van der Waals surface area contributed by atoms with E-state index in [0.717, 1.165) is 0 Å². The molecule has 1 amide bonds. The summed E-state index contributed by atoms with van der Waals surface area (Å²) in [6, 6.07) is 0.159. The Hall–Kier alpha value is -1.89. The van der Waals surface area contributed by atoms with Gasteiger partial charge in [-0.1, -0.05) is 0 Å². The Bertz CT molecular complexity index is 368. The first-order valence-corrected chi connectivity index (χ1v) is 5.43. The number of anilines is 2. The van der Waals surface area contributed by atoms with E-state index in [-0.39, 0.29) is 11.9 Å². The highest BCUT2D eigenvalue weighted by Gasteiger charge is 2.03. The van der Waals surface area contributed by atoms with E-state index >= 15 is 0 Å². The molecular formula is C10H18N6O. The number of nitrogens with zero attached hydrogens (tertiary/aromatic N) is 2. The molecule has 0 aliphatic carbocycles. The normalized spacial score (nSPS) is 10.1. The summed E-state index contributed by atoms with van der Waals surface area (Å²) in [6.07, 6.45) is 3.47. The molecule has 1 heterocycles. The predicted molar refractivity (Wildman–Crippen MR) is 66.2 cm³/mol. The van der Waals surface area contributed by atoms with Gasteiger partial charge in [0.1, 0.15) is 5.82 Å². The summed E-state index contributed by atoms with van der Waals surface area (Å²) < 4.78 is 0. The molecule has 5 N–H and O–H groups in total. The van der Waals surface area contributed by atoms with Gasteiger partial charge in [-0.25, -0.2) is 10.8 Å². The van der Waals surface area contributed by atoms with Crippen LogP contribution in [-0.4, -0.2) is 28.5 Å². The van der Waals surface area contributed by atoms with Gasteiger partial charge in [0, 0.05) is 19.0 Å². The minimum absolute atomic E-state index is 0.00793. The molecular weight excluding hydrogens is 220 g/mol. The van der Waals surface area contributed by atoms with Crippen LogP contribution >= 0.6 is 0 Å². The summed E-state index contributed by atoms with van der Waals surface area (Å²) in [5.41, 5.74) is 2.40. The van der Waals surface area contributed by atoms with E-state index in [9.17, 15) is 4.79 Å². The summed E-state index contributed by atoms with van der Waals surface area (Å²) in [6.45, 7) is 4.35.